The van der Waals surface area contributed by atoms with Crippen molar-refractivity contribution < 1.29 is 9.90 Å². The number of piperidine rings is 1. The van der Waals surface area contributed by atoms with E-state index in [1.165, 1.54) is 16.7 Å². The van der Waals surface area contributed by atoms with Gasteiger partial charge in [-0.15, -0.1) is 0 Å². The van der Waals surface area contributed by atoms with Gasteiger partial charge in [-0.1, -0.05) is 51.1 Å². The first-order valence-electron chi connectivity index (χ1n) is 10.2. The van der Waals surface area contributed by atoms with Gasteiger partial charge >= 0.3 is 0 Å². The Hall–Kier alpha value is -2.55. The molecule has 5 rings (SSSR count). The van der Waals surface area contributed by atoms with Gasteiger partial charge in [0.1, 0.15) is 5.75 Å². The van der Waals surface area contributed by atoms with E-state index in [1.54, 1.807) is 6.07 Å². The Balaban J connectivity index is 1.56. The van der Waals surface area contributed by atoms with Crippen LogP contribution in [0.1, 0.15) is 59.8 Å². The van der Waals surface area contributed by atoms with E-state index >= 15 is 0 Å². The zero-order valence-electron chi connectivity index (χ0n) is 16.8. The molecular formula is C25H27NO2. The molecule has 0 spiro atoms. The highest BCUT2D eigenvalue weighted by molar-refractivity contribution is 5.95. The molecule has 3 aliphatic rings. The predicted molar refractivity (Wildman–Crippen MR) is 112 cm³/mol. The van der Waals surface area contributed by atoms with Crippen molar-refractivity contribution in [1.29, 1.82) is 0 Å². The average Bonchev–Trinajstić information content (AvgIpc) is 3.12. The van der Waals surface area contributed by atoms with Crippen molar-refractivity contribution in [3.63, 3.8) is 0 Å². The normalized spacial score (nSPS) is 26.7. The van der Waals surface area contributed by atoms with Gasteiger partial charge in [0.05, 0.1) is 0 Å². The SMILES string of the molecule is CC1(C)[C@H]2Cc3c(O)cccc3[C@]1(C)CCN2C(=O)c1ccc2c(c1)CC=C2. The van der Waals surface area contributed by atoms with E-state index in [4.69, 9.17) is 0 Å². The van der Waals surface area contributed by atoms with Crippen LogP contribution in [0.4, 0.5) is 0 Å². The zero-order valence-corrected chi connectivity index (χ0v) is 16.8. The third kappa shape index (κ3) is 2.19. The number of hydrogen-bond acceptors (Lipinski definition) is 2. The van der Waals surface area contributed by atoms with E-state index in [-0.39, 0.29) is 22.8 Å². The zero-order chi connectivity index (χ0) is 19.7. The summed E-state index contributed by atoms with van der Waals surface area (Å²) in [6.07, 6.45) is 6.80. The molecule has 2 aromatic rings. The summed E-state index contributed by atoms with van der Waals surface area (Å²) < 4.78 is 0. The number of phenols is 1. The van der Waals surface area contributed by atoms with Crippen molar-refractivity contribution in [2.45, 2.75) is 51.5 Å². The van der Waals surface area contributed by atoms with Crippen LogP contribution in [0.5, 0.6) is 5.75 Å². The Morgan fingerprint density at radius 1 is 1.18 bits per heavy atom. The first-order valence-corrected chi connectivity index (χ1v) is 10.2. The highest BCUT2D eigenvalue weighted by Crippen LogP contribution is 2.57. The summed E-state index contributed by atoms with van der Waals surface area (Å²) in [5.41, 5.74) is 5.39. The number of carbonyl (C=O) groups excluding carboxylic acids is 1. The molecule has 2 atom stereocenters. The number of rotatable bonds is 1. The molecule has 2 aliphatic carbocycles. The van der Waals surface area contributed by atoms with Crippen LogP contribution in [0.2, 0.25) is 0 Å². The van der Waals surface area contributed by atoms with Gasteiger partial charge in [-0.25, -0.2) is 0 Å². The number of fused-ring (bicyclic) bond motifs is 5. The minimum atomic E-state index is -0.0695. The molecule has 0 unspecified atom stereocenters. The highest BCUT2D eigenvalue weighted by Gasteiger charge is 2.57. The third-order valence-corrected chi connectivity index (χ3v) is 7.91. The molecule has 1 heterocycles. The first-order chi connectivity index (χ1) is 13.3. The highest BCUT2D eigenvalue weighted by atomic mass is 16.3. The predicted octanol–water partition coefficient (Wildman–Crippen LogP) is 4.72. The standard InChI is InChI=1S/C25H27NO2/c1-24(2)22-15-19-20(8-5-9-21(19)27)25(24,3)12-13-26(22)23(28)18-11-10-16-6-4-7-17(16)14-18/h4-6,8-11,14,22,27H,7,12-13,15H2,1-3H3/t22-,25+/m1/s1. The topological polar surface area (TPSA) is 40.5 Å². The summed E-state index contributed by atoms with van der Waals surface area (Å²) in [6.45, 7) is 7.64. The number of amides is 1. The molecule has 0 radical (unpaired) electrons. The number of carbonyl (C=O) groups is 1. The van der Waals surface area contributed by atoms with Crippen LogP contribution in [0.25, 0.3) is 6.08 Å². The van der Waals surface area contributed by atoms with Crippen LogP contribution in [-0.4, -0.2) is 28.5 Å². The van der Waals surface area contributed by atoms with Gasteiger partial charge in [-0.2, -0.15) is 0 Å². The minimum absolute atomic E-state index is 0.0530. The summed E-state index contributed by atoms with van der Waals surface area (Å²) in [6, 6.07) is 12.1. The average molecular weight is 373 g/mol. The molecule has 0 saturated carbocycles. The van der Waals surface area contributed by atoms with E-state index in [9.17, 15) is 9.90 Å². The Bertz CT molecular complexity index is 1020. The monoisotopic (exact) mass is 373 g/mol. The molecule has 1 saturated heterocycles. The Labute approximate surface area is 166 Å². The lowest BCUT2D eigenvalue weighted by Crippen LogP contribution is -2.64. The number of hydrogen-bond donors (Lipinski definition) is 1. The second-order valence-corrected chi connectivity index (χ2v) is 9.35. The van der Waals surface area contributed by atoms with Crippen molar-refractivity contribution in [3.05, 3.63) is 70.3 Å². The maximum Gasteiger partial charge on any atom is 0.254 e. The number of likely N-dealkylation sites (tertiary alicyclic amines) is 1. The van der Waals surface area contributed by atoms with Crippen LogP contribution in [0.15, 0.2) is 42.5 Å². The Kier molecular flexibility index (Phi) is 3.59. The van der Waals surface area contributed by atoms with Crippen molar-refractivity contribution in [2.24, 2.45) is 5.41 Å². The molecule has 2 aromatic carbocycles. The smallest absolute Gasteiger partial charge is 0.254 e. The number of phenolic OH excluding ortho intramolecular Hbond substituents is 1. The van der Waals surface area contributed by atoms with Gasteiger partial charge in [-0.3, -0.25) is 4.79 Å². The van der Waals surface area contributed by atoms with Crippen molar-refractivity contribution >= 4 is 12.0 Å². The van der Waals surface area contributed by atoms with E-state index in [0.717, 1.165) is 30.5 Å². The van der Waals surface area contributed by atoms with Crippen LogP contribution >= 0.6 is 0 Å². The van der Waals surface area contributed by atoms with Crippen molar-refractivity contribution in [2.75, 3.05) is 6.54 Å². The van der Waals surface area contributed by atoms with Crippen LogP contribution in [0, 0.1) is 5.41 Å². The summed E-state index contributed by atoms with van der Waals surface area (Å²) >= 11 is 0. The molecule has 3 nitrogen and oxygen atoms in total. The largest absolute Gasteiger partial charge is 0.508 e. The van der Waals surface area contributed by atoms with Gasteiger partial charge in [0, 0.05) is 23.6 Å². The molecule has 1 aliphatic heterocycles. The number of aromatic hydroxyl groups is 1. The lowest BCUT2D eigenvalue weighted by atomic mass is 9.51. The quantitative estimate of drug-likeness (QED) is 0.786. The van der Waals surface area contributed by atoms with Gasteiger partial charge in [-0.05, 0) is 65.1 Å². The van der Waals surface area contributed by atoms with E-state index < -0.39 is 0 Å². The molecule has 0 aromatic heterocycles. The first kappa shape index (κ1) is 17.5. The summed E-state index contributed by atoms with van der Waals surface area (Å²) in [4.78, 5) is 15.6. The molecule has 28 heavy (non-hydrogen) atoms. The molecule has 1 fully saturated rings. The molecule has 2 bridgehead atoms. The van der Waals surface area contributed by atoms with E-state index in [1.807, 2.05) is 12.1 Å². The van der Waals surface area contributed by atoms with Gasteiger partial charge in [0.25, 0.3) is 5.91 Å². The van der Waals surface area contributed by atoms with Gasteiger partial charge in [0.15, 0.2) is 0 Å². The fraction of sp³-hybridized carbons (Fsp3) is 0.400. The fourth-order valence-electron chi connectivity index (χ4n) is 5.73. The van der Waals surface area contributed by atoms with Gasteiger partial charge in [0.2, 0.25) is 0 Å². The second-order valence-electron chi connectivity index (χ2n) is 9.35. The van der Waals surface area contributed by atoms with Crippen LogP contribution in [0.3, 0.4) is 0 Å². The Morgan fingerprint density at radius 3 is 2.82 bits per heavy atom. The van der Waals surface area contributed by atoms with Crippen LogP contribution < -0.4 is 0 Å². The fourth-order valence-corrected chi connectivity index (χ4v) is 5.73. The lowest BCUT2D eigenvalue weighted by Gasteiger charge is -2.60. The molecule has 144 valence electrons. The van der Waals surface area contributed by atoms with E-state index in [0.29, 0.717) is 12.2 Å². The summed E-state index contributed by atoms with van der Waals surface area (Å²) in [5.74, 6) is 0.482. The number of nitrogens with zero attached hydrogens (tertiary/aromatic N) is 1. The maximum absolute atomic E-state index is 13.5. The number of benzene rings is 2. The maximum atomic E-state index is 13.5. The van der Waals surface area contributed by atoms with Crippen LogP contribution in [-0.2, 0) is 18.3 Å². The number of allylic oxidation sites excluding steroid dienone is 1. The minimum Gasteiger partial charge on any atom is -0.508 e. The van der Waals surface area contributed by atoms with Crippen molar-refractivity contribution in [3.8, 4) is 5.75 Å². The second kappa shape index (κ2) is 5.73. The summed E-state index contributed by atoms with van der Waals surface area (Å²) in [7, 11) is 0. The Morgan fingerprint density at radius 2 is 2.00 bits per heavy atom. The molecule has 1 amide bonds. The molecule has 1 N–H and O–H groups in total. The molecule has 3 heteroatoms. The van der Waals surface area contributed by atoms with Gasteiger partial charge < -0.3 is 10.0 Å². The van der Waals surface area contributed by atoms with Crippen molar-refractivity contribution in [1.82, 2.24) is 4.90 Å². The van der Waals surface area contributed by atoms with E-state index in [2.05, 4.69) is 56.0 Å². The third-order valence-electron chi connectivity index (χ3n) is 7.91. The lowest BCUT2D eigenvalue weighted by molar-refractivity contribution is -0.0266. The molecular weight excluding hydrogens is 346 g/mol. The summed E-state index contributed by atoms with van der Waals surface area (Å²) in [5, 5.41) is 10.5.